The van der Waals surface area contributed by atoms with Gasteiger partial charge in [0, 0.05) is 15.0 Å². The third kappa shape index (κ3) is 6.13. The molecule has 0 aliphatic heterocycles. The molecule has 0 radical (unpaired) electrons. The zero-order chi connectivity index (χ0) is 26.7. The highest BCUT2D eigenvalue weighted by atomic mass is 32.2. The van der Waals surface area contributed by atoms with Gasteiger partial charge >= 0.3 is 0 Å². The van der Waals surface area contributed by atoms with Crippen LogP contribution in [-0.4, -0.2) is 26.5 Å². The summed E-state index contributed by atoms with van der Waals surface area (Å²) < 4.78 is 0. The van der Waals surface area contributed by atoms with E-state index in [1.54, 1.807) is 11.3 Å². The predicted molar refractivity (Wildman–Crippen MR) is 153 cm³/mol. The molecule has 1 unspecified atom stereocenters. The number of carbonyl (C=O) groups excluding carboxylic acids is 1. The summed E-state index contributed by atoms with van der Waals surface area (Å²) in [7, 11) is 0. The molecule has 8 heteroatoms. The maximum Gasteiger partial charge on any atom is 0.261 e. The third-order valence-electron chi connectivity index (χ3n) is 6.34. The van der Waals surface area contributed by atoms with Gasteiger partial charge in [-0.15, -0.1) is 33.3 Å². The molecule has 0 saturated carbocycles. The summed E-state index contributed by atoms with van der Waals surface area (Å²) in [6.07, 6.45) is 0. The lowest BCUT2D eigenvalue weighted by atomic mass is 9.80. The first-order valence-corrected chi connectivity index (χ1v) is 14.2. The summed E-state index contributed by atoms with van der Waals surface area (Å²) in [4.78, 5) is 16.0. The standard InChI is InChI=1S/C29H35N5OS2/c1-17(2)27(21-13-14-22(36-21)28(35)30-16-24-31-33-34-32-24)37-23-15-18(3)25(20-11-9-8-10-12-20)19(4)26(23)29(5,6)7/h8-15,17,27H,16H2,1-7H3,(H,30,35)(H,31,32,33,34). The quantitative estimate of drug-likeness (QED) is 0.233. The molecule has 2 aromatic carbocycles. The zero-order valence-corrected chi connectivity index (χ0v) is 24.2. The van der Waals surface area contributed by atoms with Crippen LogP contribution in [0.2, 0.25) is 0 Å². The molecule has 0 bridgehead atoms. The van der Waals surface area contributed by atoms with Gasteiger partial charge in [0.1, 0.15) is 0 Å². The number of amides is 1. The van der Waals surface area contributed by atoms with E-state index in [9.17, 15) is 4.79 Å². The molecule has 0 saturated heterocycles. The van der Waals surface area contributed by atoms with Crippen molar-refractivity contribution >= 4 is 29.0 Å². The van der Waals surface area contributed by atoms with Crippen LogP contribution in [0.5, 0.6) is 0 Å². The minimum absolute atomic E-state index is 0.0131. The molecule has 4 rings (SSSR count). The van der Waals surface area contributed by atoms with Gasteiger partial charge < -0.3 is 5.32 Å². The third-order valence-corrected chi connectivity index (χ3v) is 9.28. The van der Waals surface area contributed by atoms with Crippen molar-refractivity contribution in [2.24, 2.45) is 5.92 Å². The Morgan fingerprint density at radius 2 is 1.84 bits per heavy atom. The maximum absolute atomic E-state index is 12.8. The summed E-state index contributed by atoms with van der Waals surface area (Å²) in [6, 6.07) is 17.1. The molecule has 2 N–H and O–H groups in total. The van der Waals surface area contributed by atoms with Crippen molar-refractivity contribution in [2.45, 2.75) is 70.6 Å². The average Bonchev–Trinajstić information content (AvgIpc) is 3.53. The number of rotatable bonds is 8. The maximum atomic E-state index is 12.8. The second-order valence-corrected chi connectivity index (χ2v) is 13.0. The fraction of sp³-hybridized carbons (Fsp3) is 0.379. The van der Waals surface area contributed by atoms with Crippen LogP contribution in [0, 0.1) is 19.8 Å². The van der Waals surface area contributed by atoms with Gasteiger partial charge in [0.15, 0.2) is 5.82 Å². The number of hydrogen-bond acceptors (Lipinski definition) is 6. The van der Waals surface area contributed by atoms with E-state index in [1.807, 2.05) is 17.8 Å². The molecule has 6 nitrogen and oxygen atoms in total. The highest BCUT2D eigenvalue weighted by molar-refractivity contribution is 7.99. The number of hydrogen-bond donors (Lipinski definition) is 2. The van der Waals surface area contributed by atoms with Crippen LogP contribution in [-0.2, 0) is 12.0 Å². The van der Waals surface area contributed by atoms with Crippen LogP contribution >= 0.6 is 23.1 Å². The molecule has 194 valence electrons. The van der Waals surface area contributed by atoms with Gasteiger partial charge in [-0.3, -0.25) is 4.79 Å². The normalized spacial score (nSPS) is 12.6. The molecule has 0 fully saturated rings. The van der Waals surface area contributed by atoms with Gasteiger partial charge in [-0.05, 0) is 71.2 Å². The fourth-order valence-electron chi connectivity index (χ4n) is 4.81. The van der Waals surface area contributed by atoms with E-state index in [-0.39, 0.29) is 23.1 Å². The van der Waals surface area contributed by atoms with Gasteiger partial charge in [0.25, 0.3) is 5.91 Å². The molecule has 0 spiro atoms. The van der Waals surface area contributed by atoms with E-state index in [1.165, 1.54) is 37.6 Å². The summed E-state index contributed by atoms with van der Waals surface area (Å²) in [5.74, 6) is 0.726. The smallest absolute Gasteiger partial charge is 0.261 e. The van der Waals surface area contributed by atoms with Crippen molar-refractivity contribution in [3.63, 3.8) is 0 Å². The Hall–Kier alpha value is -2.97. The van der Waals surface area contributed by atoms with Gasteiger partial charge in [0.05, 0.1) is 11.4 Å². The number of benzene rings is 2. The number of aromatic nitrogens is 4. The average molecular weight is 534 g/mol. The van der Waals surface area contributed by atoms with E-state index in [0.717, 1.165) is 0 Å². The van der Waals surface area contributed by atoms with Gasteiger partial charge in [-0.1, -0.05) is 70.2 Å². The largest absolute Gasteiger partial charge is 0.344 e. The SMILES string of the molecule is Cc1cc(SC(c2ccc(C(=O)NCc3nn[nH]n3)s2)C(C)C)c(C(C)(C)C)c(C)c1-c1ccccc1. The molecule has 37 heavy (non-hydrogen) atoms. The van der Waals surface area contributed by atoms with E-state index in [2.05, 4.69) is 117 Å². The van der Waals surface area contributed by atoms with Crippen LogP contribution in [0.3, 0.4) is 0 Å². The number of tetrazole rings is 1. The highest BCUT2D eigenvalue weighted by Crippen LogP contribution is 2.49. The molecule has 0 aliphatic carbocycles. The van der Waals surface area contributed by atoms with E-state index >= 15 is 0 Å². The Morgan fingerprint density at radius 3 is 2.46 bits per heavy atom. The van der Waals surface area contributed by atoms with Crippen molar-refractivity contribution in [3.8, 4) is 11.1 Å². The second-order valence-electron chi connectivity index (χ2n) is 10.7. The monoisotopic (exact) mass is 533 g/mol. The van der Waals surface area contributed by atoms with Crippen LogP contribution in [0.4, 0.5) is 0 Å². The number of carbonyl (C=O) groups is 1. The summed E-state index contributed by atoms with van der Waals surface area (Å²) in [6.45, 7) is 16.1. The highest BCUT2D eigenvalue weighted by Gasteiger charge is 2.28. The van der Waals surface area contributed by atoms with Gasteiger partial charge in [-0.2, -0.15) is 5.21 Å². The van der Waals surface area contributed by atoms with E-state index in [4.69, 9.17) is 0 Å². The zero-order valence-electron chi connectivity index (χ0n) is 22.5. The molecule has 4 aromatic rings. The summed E-state index contributed by atoms with van der Waals surface area (Å²) in [5.41, 5.74) is 6.59. The van der Waals surface area contributed by atoms with E-state index in [0.29, 0.717) is 16.6 Å². The Morgan fingerprint density at radius 1 is 1.11 bits per heavy atom. The molecule has 1 atom stereocenters. The number of thioether (sulfide) groups is 1. The first-order valence-electron chi connectivity index (χ1n) is 12.5. The van der Waals surface area contributed by atoms with Crippen LogP contribution in [0.25, 0.3) is 11.1 Å². The van der Waals surface area contributed by atoms with E-state index < -0.39 is 0 Å². The molecule has 2 heterocycles. The number of thiophene rings is 1. The van der Waals surface area contributed by atoms with Crippen molar-refractivity contribution in [3.05, 3.63) is 80.8 Å². The lowest BCUT2D eigenvalue weighted by Crippen LogP contribution is -2.22. The molecular formula is C29H35N5OS2. The topological polar surface area (TPSA) is 83.6 Å². The van der Waals surface area contributed by atoms with Crippen molar-refractivity contribution in [2.75, 3.05) is 0 Å². The van der Waals surface area contributed by atoms with Crippen LogP contribution < -0.4 is 5.32 Å². The molecular weight excluding hydrogens is 498 g/mol. The Bertz CT molecular complexity index is 1360. The second kappa shape index (κ2) is 11.2. The lowest BCUT2D eigenvalue weighted by molar-refractivity contribution is 0.0954. The summed E-state index contributed by atoms with van der Waals surface area (Å²) in [5, 5.41) is 16.8. The van der Waals surface area contributed by atoms with Gasteiger partial charge in [-0.25, -0.2) is 0 Å². The number of aromatic amines is 1. The van der Waals surface area contributed by atoms with Crippen LogP contribution in [0.15, 0.2) is 53.4 Å². The fourth-order valence-corrected chi connectivity index (χ4v) is 7.74. The lowest BCUT2D eigenvalue weighted by Gasteiger charge is -2.30. The van der Waals surface area contributed by atoms with Crippen molar-refractivity contribution < 1.29 is 4.79 Å². The number of H-pyrrole nitrogens is 1. The minimum Gasteiger partial charge on any atom is -0.344 e. The first kappa shape index (κ1) is 27.1. The Balaban J connectivity index is 1.66. The molecule has 0 aliphatic rings. The number of aryl methyl sites for hydroxylation is 1. The minimum atomic E-state index is -0.122. The Kier molecular flexibility index (Phi) is 8.19. The molecule has 2 aromatic heterocycles. The van der Waals surface area contributed by atoms with Crippen LogP contribution in [0.1, 0.15) is 76.9 Å². The number of nitrogens with zero attached hydrogens (tertiary/aromatic N) is 3. The van der Waals surface area contributed by atoms with Gasteiger partial charge in [0.2, 0.25) is 0 Å². The number of nitrogens with one attached hydrogen (secondary N) is 2. The molecule has 1 amide bonds. The van der Waals surface area contributed by atoms with Crippen molar-refractivity contribution in [1.82, 2.24) is 25.9 Å². The Labute approximate surface area is 227 Å². The first-order chi connectivity index (χ1) is 17.6. The predicted octanol–water partition coefficient (Wildman–Crippen LogP) is 7.26. The summed E-state index contributed by atoms with van der Waals surface area (Å²) >= 11 is 3.48. The van der Waals surface area contributed by atoms with Crippen molar-refractivity contribution in [1.29, 1.82) is 0 Å².